The summed E-state index contributed by atoms with van der Waals surface area (Å²) in [4.78, 5) is 14.3. The molecule has 0 spiro atoms. The predicted octanol–water partition coefficient (Wildman–Crippen LogP) is 2.78. The lowest BCUT2D eigenvalue weighted by molar-refractivity contribution is 0.102. The van der Waals surface area contributed by atoms with E-state index in [0.717, 1.165) is 23.5 Å². The topological polar surface area (TPSA) is 61.8 Å². The fourth-order valence-corrected chi connectivity index (χ4v) is 2.38. The average Bonchev–Trinajstić information content (AvgIpc) is 2.51. The second kappa shape index (κ2) is 5.60. The van der Waals surface area contributed by atoms with Crippen molar-refractivity contribution < 1.29 is 14.6 Å². The molecule has 5 nitrogen and oxygen atoms in total. The van der Waals surface area contributed by atoms with Crippen molar-refractivity contribution in [3.05, 3.63) is 47.5 Å². The van der Waals surface area contributed by atoms with E-state index < -0.39 is 0 Å². The maximum Gasteiger partial charge on any atom is 0.255 e. The molecular weight excluding hydrogens is 280 g/mol. The van der Waals surface area contributed by atoms with Crippen LogP contribution in [0.15, 0.2) is 36.4 Å². The Labute approximate surface area is 129 Å². The number of phenols is 1. The summed E-state index contributed by atoms with van der Waals surface area (Å²) in [6.45, 7) is 3.27. The molecule has 1 aliphatic heterocycles. The first-order valence-electron chi connectivity index (χ1n) is 7.13. The highest BCUT2D eigenvalue weighted by Crippen LogP contribution is 2.33. The number of nitrogens with zero attached hydrogens (tertiary/aromatic N) is 1. The van der Waals surface area contributed by atoms with Gasteiger partial charge in [-0.3, -0.25) is 4.79 Å². The number of ether oxygens (including phenoxy) is 1. The summed E-state index contributed by atoms with van der Waals surface area (Å²) in [5, 5.41) is 12.5. The summed E-state index contributed by atoms with van der Waals surface area (Å²) in [5.74, 6) is 0.681. The fraction of sp³-hybridized carbons (Fsp3) is 0.235. The highest BCUT2D eigenvalue weighted by molar-refractivity contribution is 6.04. The first-order chi connectivity index (χ1) is 10.5. The number of hydrogen-bond acceptors (Lipinski definition) is 4. The number of carbonyl (C=O) groups is 1. The van der Waals surface area contributed by atoms with E-state index in [9.17, 15) is 9.90 Å². The molecule has 3 rings (SSSR count). The Hall–Kier alpha value is -2.69. The number of hydrogen-bond donors (Lipinski definition) is 2. The van der Waals surface area contributed by atoms with Gasteiger partial charge >= 0.3 is 0 Å². The van der Waals surface area contributed by atoms with Gasteiger partial charge in [-0.2, -0.15) is 0 Å². The maximum absolute atomic E-state index is 12.3. The van der Waals surface area contributed by atoms with Crippen molar-refractivity contribution in [1.82, 2.24) is 0 Å². The Balaban J connectivity index is 1.82. The smallest absolute Gasteiger partial charge is 0.255 e. The number of fused-ring (bicyclic) bond motifs is 1. The summed E-state index contributed by atoms with van der Waals surface area (Å²) >= 11 is 0. The van der Waals surface area contributed by atoms with Crippen LogP contribution in [0.2, 0.25) is 0 Å². The van der Waals surface area contributed by atoms with E-state index >= 15 is 0 Å². The SMILES string of the molecule is Cc1ccc(C(=O)Nc2ccc3c(c2)N(C)CCO3)cc1O. The first-order valence-corrected chi connectivity index (χ1v) is 7.13. The van der Waals surface area contributed by atoms with Crippen molar-refractivity contribution in [1.29, 1.82) is 0 Å². The van der Waals surface area contributed by atoms with Crippen LogP contribution in [-0.4, -0.2) is 31.2 Å². The van der Waals surface area contributed by atoms with E-state index in [1.807, 2.05) is 25.2 Å². The van der Waals surface area contributed by atoms with Gasteiger partial charge in [-0.15, -0.1) is 0 Å². The average molecular weight is 298 g/mol. The predicted molar refractivity (Wildman–Crippen MR) is 86.0 cm³/mol. The zero-order chi connectivity index (χ0) is 15.7. The second-order valence-electron chi connectivity index (χ2n) is 5.41. The molecule has 0 aromatic heterocycles. The Morgan fingerprint density at radius 3 is 2.86 bits per heavy atom. The molecule has 1 heterocycles. The third-order valence-electron chi connectivity index (χ3n) is 3.78. The van der Waals surface area contributed by atoms with Gasteiger partial charge in [0.05, 0.1) is 12.2 Å². The van der Waals surface area contributed by atoms with E-state index in [-0.39, 0.29) is 11.7 Å². The molecule has 0 saturated carbocycles. The lowest BCUT2D eigenvalue weighted by Gasteiger charge is -2.28. The van der Waals surface area contributed by atoms with Crippen LogP contribution < -0.4 is 15.0 Å². The van der Waals surface area contributed by atoms with Gasteiger partial charge in [0.15, 0.2) is 0 Å². The van der Waals surface area contributed by atoms with E-state index in [4.69, 9.17) is 4.74 Å². The number of amides is 1. The maximum atomic E-state index is 12.3. The molecule has 2 aromatic rings. The Morgan fingerprint density at radius 1 is 1.27 bits per heavy atom. The molecule has 0 unspecified atom stereocenters. The molecule has 0 radical (unpaired) electrons. The van der Waals surface area contributed by atoms with Crippen LogP contribution in [0.1, 0.15) is 15.9 Å². The van der Waals surface area contributed by atoms with Gasteiger partial charge in [0, 0.05) is 18.3 Å². The molecule has 0 fully saturated rings. The van der Waals surface area contributed by atoms with Gasteiger partial charge in [-0.1, -0.05) is 6.07 Å². The molecular formula is C17H18N2O3. The molecule has 0 saturated heterocycles. The number of phenolic OH excluding ortho intramolecular Hbond substituents is 1. The Morgan fingerprint density at radius 2 is 2.09 bits per heavy atom. The highest BCUT2D eigenvalue weighted by atomic mass is 16.5. The summed E-state index contributed by atoms with van der Waals surface area (Å²) in [7, 11) is 1.99. The molecule has 0 aliphatic carbocycles. The number of nitrogens with one attached hydrogen (secondary N) is 1. The molecule has 1 aliphatic rings. The van der Waals surface area contributed by atoms with Gasteiger partial charge < -0.3 is 20.1 Å². The molecule has 5 heteroatoms. The summed E-state index contributed by atoms with van der Waals surface area (Å²) in [5.41, 5.74) is 2.81. The van der Waals surface area contributed by atoms with Crippen LogP contribution in [0.5, 0.6) is 11.5 Å². The number of likely N-dealkylation sites (N-methyl/N-ethyl adjacent to an activating group) is 1. The minimum Gasteiger partial charge on any atom is -0.508 e. The van der Waals surface area contributed by atoms with Crippen molar-refractivity contribution in [3.63, 3.8) is 0 Å². The van der Waals surface area contributed by atoms with Crippen LogP contribution in [0.4, 0.5) is 11.4 Å². The number of rotatable bonds is 2. The number of carbonyl (C=O) groups excluding carboxylic acids is 1. The minimum atomic E-state index is -0.255. The van der Waals surface area contributed by atoms with Crippen molar-refractivity contribution in [2.75, 3.05) is 30.4 Å². The van der Waals surface area contributed by atoms with E-state index in [0.29, 0.717) is 17.9 Å². The molecule has 0 atom stereocenters. The van der Waals surface area contributed by atoms with Crippen LogP contribution in [0.3, 0.4) is 0 Å². The summed E-state index contributed by atoms with van der Waals surface area (Å²) in [6, 6.07) is 10.4. The number of anilines is 2. The second-order valence-corrected chi connectivity index (χ2v) is 5.41. The van der Waals surface area contributed by atoms with Crippen LogP contribution >= 0.6 is 0 Å². The molecule has 0 bridgehead atoms. The lowest BCUT2D eigenvalue weighted by Crippen LogP contribution is -2.28. The van der Waals surface area contributed by atoms with Crippen molar-refractivity contribution in [2.24, 2.45) is 0 Å². The van der Waals surface area contributed by atoms with Gasteiger partial charge in [0.2, 0.25) is 0 Å². The van der Waals surface area contributed by atoms with E-state index in [2.05, 4.69) is 10.2 Å². The third-order valence-corrected chi connectivity index (χ3v) is 3.78. The highest BCUT2D eigenvalue weighted by Gasteiger charge is 2.16. The largest absolute Gasteiger partial charge is 0.508 e. The number of aromatic hydroxyl groups is 1. The monoisotopic (exact) mass is 298 g/mol. The van der Waals surface area contributed by atoms with Crippen LogP contribution in [0, 0.1) is 6.92 Å². The van der Waals surface area contributed by atoms with Crippen LogP contribution in [0.25, 0.3) is 0 Å². The zero-order valence-corrected chi connectivity index (χ0v) is 12.6. The van der Waals surface area contributed by atoms with Gasteiger partial charge in [-0.25, -0.2) is 0 Å². The Kier molecular flexibility index (Phi) is 3.63. The van der Waals surface area contributed by atoms with Gasteiger partial charge in [0.25, 0.3) is 5.91 Å². The molecule has 2 aromatic carbocycles. The first kappa shape index (κ1) is 14.3. The lowest BCUT2D eigenvalue weighted by atomic mass is 10.1. The third kappa shape index (κ3) is 2.70. The Bertz CT molecular complexity index is 728. The van der Waals surface area contributed by atoms with Crippen molar-refractivity contribution in [2.45, 2.75) is 6.92 Å². The molecule has 1 amide bonds. The van der Waals surface area contributed by atoms with Gasteiger partial charge in [0.1, 0.15) is 18.1 Å². The van der Waals surface area contributed by atoms with Crippen molar-refractivity contribution in [3.8, 4) is 11.5 Å². The van der Waals surface area contributed by atoms with E-state index in [1.54, 1.807) is 19.1 Å². The molecule has 114 valence electrons. The molecule has 2 N–H and O–H groups in total. The number of benzene rings is 2. The normalized spacial score (nSPS) is 13.3. The minimum absolute atomic E-state index is 0.117. The van der Waals surface area contributed by atoms with Gasteiger partial charge in [-0.05, 0) is 42.8 Å². The summed E-state index contributed by atoms with van der Waals surface area (Å²) in [6.07, 6.45) is 0. The summed E-state index contributed by atoms with van der Waals surface area (Å²) < 4.78 is 5.58. The van der Waals surface area contributed by atoms with E-state index in [1.165, 1.54) is 6.07 Å². The standard InChI is InChI=1S/C17H18N2O3/c1-11-3-4-12(9-15(11)20)17(21)18-13-5-6-16-14(10-13)19(2)7-8-22-16/h3-6,9-10,20H,7-8H2,1-2H3,(H,18,21). The number of aryl methyl sites for hydroxylation is 1. The molecule has 22 heavy (non-hydrogen) atoms. The van der Waals surface area contributed by atoms with Crippen molar-refractivity contribution >= 4 is 17.3 Å². The zero-order valence-electron chi connectivity index (χ0n) is 12.6. The fourth-order valence-electron chi connectivity index (χ4n) is 2.38. The van der Waals surface area contributed by atoms with Crippen LogP contribution in [-0.2, 0) is 0 Å². The quantitative estimate of drug-likeness (QED) is 0.895.